The van der Waals surface area contributed by atoms with Gasteiger partial charge in [0.05, 0.1) is 18.5 Å². The van der Waals surface area contributed by atoms with Crippen molar-refractivity contribution in [3.05, 3.63) is 18.3 Å². The molecular weight excluding hydrogens is 226 g/mol. The molecule has 4 N–H and O–H groups in total. The first kappa shape index (κ1) is 11.8. The van der Waals surface area contributed by atoms with Gasteiger partial charge in [-0.15, -0.1) is 0 Å². The molecule has 1 aromatic rings. The average Bonchev–Trinajstić information content (AvgIpc) is 2.40. The van der Waals surface area contributed by atoms with Gasteiger partial charge in [-0.2, -0.15) is 0 Å². The molecule has 0 amide bonds. The fraction of sp³-hybridized carbons (Fsp3) is 0.643. The normalized spacial score (nSPS) is 34.5. The summed E-state index contributed by atoms with van der Waals surface area (Å²) in [6.07, 6.45) is 8.65. The summed E-state index contributed by atoms with van der Waals surface area (Å²) in [5.74, 6) is 0.675. The van der Waals surface area contributed by atoms with Crippen LogP contribution in [-0.4, -0.2) is 17.1 Å². The van der Waals surface area contributed by atoms with Gasteiger partial charge >= 0.3 is 0 Å². The molecule has 4 rings (SSSR count). The lowest BCUT2D eigenvalue weighted by Gasteiger charge is -2.51. The summed E-state index contributed by atoms with van der Waals surface area (Å²) in [4.78, 5) is 4.18. The molecule has 0 saturated heterocycles. The molecule has 1 heterocycles. The largest absolute Gasteiger partial charge is 0.477 e. The quantitative estimate of drug-likeness (QED) is 0.857. The molecule has 0 spiro atoms. The van der Waals surface area contributed by atoms with Crippen molar-refractivity contribution in [3.8, 4) is 5.88 Å². The third kappa shape index (κ3) is 2.17. The second-order valence-corrected chi connectivity index (χ2v) is 6.08. The van der Waals surface area contributed by atoms with E-state index >= 15 is 0 Å². The van der Waals surface area contributed by atoms with E-state index in [0.29, 0.717) is 17.0 Å². The fourth-order valence-corrected chi connectivity index (χ4v) is 3.21. The zero-order valence-corrected chi connectivity index (χ0v) is 10.7. The van der Waals surface area contributed by atoms with E-state index in [1.165, 1.54) is 19.3 Å². The van der Waals surface area contributed by atoms with E-state index in [-0.39, 0.29) is 5.54 Å². The number of hydrogen-bond donors (Lipinski definition) is 2. The van der Waals surface area contributed by atoms with Crippen LogP contribution in [0.3, 0.4) is 0 Å². The molecule has 0 aliphatic heterocycles. The number of hydrogen-bond acceptors (Lipinski definition) is 4. The van der Waals surface area contributed by atoms with Crippen molar-refractivity contribution < 1.29 is 4.74 Å². The van der Waals surface area contributed by atoms with Crippen LogP contribution in [0.2, 0.25) is 0 Å². The van der Waals surface area contributed by atoms with Gasteiger partial charge in [0.1, 0.15) is 0 Å². The van der Waals surface area contributed by atoms with Crippen molar-refractivity contribution in [1.29, 1.82) is 0 Å². The Morgan fingerprint density at radius 3 is 2.33 bits per heavy atom. The number of aromatic nitrogens is 1. The average molecular weight is 247 g/mol. The highest BCUT2D eigenvalue weighted by Gasteiger charge is 2.47. The lowest BCUT2D eigenvalue weighted by atomic mass is 9.58. The Kier molecular flexibility index (Phi) is 2.70. The van der Waals surface area contributed by atoms with Crippen molar-refractivity contribution in [2.75, 3.05) is 12.3 Å². The molecule has 0 aromatic carbocycles. The highest BCUT2D eigenvalue weighted by molar-refractivity contribution is 5.35. The first-order valence-corrected chi connectivity index (χ1v) is 6.73. The van der Waals surface area contributed by atoms with Crippen molar-refractivity contribution in [2.45, 2.75) is 44.1 Å². The second kappa shape index (κ2) is 4.12. The minimum absolute atomic E-state index is 0.126. The predicted molar refractivity (Wildman–Crippen MR) is 71.2 cm³/mol. The van der Waals surface area contributed by atoms with Crippen LogP contribution in [0.4, 0.5) is 5.69 Å². The monoisotopic (exact) mass is 247 g/mol. The van der Waals surface area contributed by atoms with Gasteiger partial charge < -0.3 is 16.2 Å². The Balaban J connectivity index is 1.62. The van der Waals surface area contributed by atoms with E-state index in [4.69, 9.17) is 16.2 Å². The van der Waals surface area contributed by atoms with E-state index in [1.54, 1.807) is 6.20 Å². The summed E-state index contributed by atoms with van der Waals surface area (Å²) in [5, 5.41) is 0. The van der Waals surface area contributed by atoms with E-state index in [2.05, 4.69) is 4.98 Å². The van der Waals surface area contributed by atoms with Gasteiger partial charge in [-0.05, 0) is 44.6 Å². The van der Waals surface area contributed by atoms with Crippen LogP contribution < -0.4 is 16.2 Å². The van der Waals surface area contributed by atoms with Crippen LogP contribution >= 0.6 is 0 Å². The maximum atomic E-state index is 6.31. The summed E-state index contributed by atoms with van der Waals surface area (Å²) < 4.78 is 5.84. The number of anilines is 1. The van der Waals surface area contributed by atoms with Crippen LogP contribution in [0.15, 0.2) is 18.3 Å². The standard InChI is InChI=1S/C14H21N3O/c15-11-1-2-12(17-9-11)18-10-13-3-6-14(16,7-4-13)8-5-13/h1-2,9H,3-8,10,15-16H2. The summed E-state index contributed by atoms with van der Waals surface area (Å²) in [7, 11) is 0. The van der Waals surface area contributed by atoms with Crippen molar-refractivity contribution in [3.63, 3.8) is 0 Å². The molecule has 2 bridgehead atoms. The van der Waals surface area contributed by atoms with Gasteiger partial charge in [0.15, 0.2) is 0 Å². The predicted octanol–water partition coefficient (Wildman–Crippen LogP) is 2.09. The molecule has 1 aromatic heterocycles. The van der Waals surface area contributed by atoms with Gasteiger partial charge in [-0.1, -0.05) is 0 Å². The molecule has 3 saturated carbocycles. The molecule has 4 heteroatoms. The van der Waals surface area contributed by atoms with Crippen LogP contribution in [0.5, 0.6) is 5.88 Å². The maximum absolute atomic E-state index is 6.31. The smallest absolute Gasteiger partial charge is 0.213 e. The first-order chi connectivity index (χ1) is 8.59. The molecule has 18 heavy (non-hydrogen) atoms. The number of nitrogen functional groups attached to an aromatic ring is 1. The minimum atomic E-state index is 0.126. The summed E-state index contributed by atoms with van der Waals surface area (Å²) in [6.45, 7) is 0.764. The Morgan fingerprint density at radius 1 is 1.11 bits per heavy atom. The maximum Gasteiger partial charge on any atom is 0.213 e. The molecule has 3 aliphatic carbocycles. The number of nitrogens with zero attached hydrogens (tertiary/aromatic N) is 1. The van der Waals surface area contributed by atoms with Gasteiger partial charge in [0.2, 0.25) is 5.88 Å². The molecule has 3 aliphatic rings. The number of fused-ring (bicyclic) bond motifs is 3. The topological polar surface area (TPSA) is 74.2 Å². The van der Waals surface area contributed by atoms with Crippen LogP contribution in [0, 0.1) is 5.41 Å². The first-order valence-electron chi connectivity index (χ1n) is 6.73. The van der Waals surface area contributed by atoms with Crippen LogP contribution in [-0.2, 0) is 0 Å². The zero-order chi connectivity index (χ0) is 12.6. The summed E-state index contributed by atoms with van der Waals surface area (Å²) >= 11 is 0. The van der Waals surface area contributed by atoms with E-state index < -0.39 is 0 Å². The zero-order valence-electron chi connectivity index (χ0n) is 10.7. The number of ether oxygens (including phenoxy) is 1. The van der Waals surface area contributed by atoms with E-state index in [0.717, 1.165) is 25.9 Å². The molecule has 3 fully saturated rings. The molecule has 0 unspecified atom stereocenters. The number of nitrogens with two attached hydrogens (primary N) is 2. The highest BCUT2D eigenvalue weighted by atomic mass is 16.5. The number of pyridine rings is 1. The summed E-state index contributed by atoms with van der Waals surface area (Å²) in [5.41, 5.74) is 13.1. The Hall–Kier alpha value is -1.29. The molecule has 0 radical (unpaired) electrons. The van der Waals surface area contributed by atoms with E-state index in [1.807, 2.05) is 12.1 Å². The second-order valence-electron chi connectivity index (χ2n) is 6.08. The fourth-order valence-electron chi connectivity index (χ4n) is 3.21. The Labute approximate surface area is 108 Å². The number of rotatable bonds is 3. The van der Waals surface area contributed by atoms with Crippen molar-refractivity contribution >= 4 is 5.69 Å². The Morgan fingerprint density at radius 2 is 1.78 bits per heavy atom. The van der Waals surface area contributed by atoms with Crippen molar-refractivity contribution in [1.82, 2.24) is 4.98 Å². The molecule has 98 valence electrons. The van der Waals surface area contributed by atoms with Gasteiger partial charge in [-0.3, -0.25) is 0 Å². The SMILES string of the molecule is Nc1ccc(OCC23CCC(N)(CC2)CC3)nc1. The summed E-state index contributed by atoms with van der Waals surface area (Å²) in [6, 6.07) is 3.66. The van der Waals surface area contributed by atoms with E-state index in [9.17, 15) is 0 Å². The Bertz CT molecular complexity index is 405. The van der Waals surface area contributed by atoms with Gasteiger partial charge in [-0.25, -0.2) is 4.98 Å². The molecule has 4 nitrogen and oxygen atoms in total. The van der Waals surface area contributed by atoms with Gasteiger partial charge in [0, 0.05) is 17.0 Å². The molecular formula is C14H21N3O. The third-order valence-electron chi connectivity index (χ3n) is 4.75. The molecule has 0 atom stereocenters. The minimum Gasteiger partial charge on any atom is -0.477 e. The van der Waals surface area contributed by atoms with Crippen molar-refractivity contribution in [2.24, 2.45) is 11.1 Å². The third-order valence-corrected chi connectivity index (χ3v) is 4.75. The van der Waals surface area contributed by atoms with Crippen LogP contribution in [0.1, 0.15) is 38.5 Å². The van der Waals surface area contributed by atoms with Gasteiger partial charge in [0.25, 0.3) is 0 Å². The highest BCUT2D eigenvalue weighted by Crippen LogP contribution is 2.51. The van der Waals surface area contributed by atoms with Crippen LogP contribution in [0.25, 0.3) is 0 Å². The lowest BCUT2D eigenvalue weighted by Crippen LogP contribution is -2.53. The lowest BCUT2D eigenvalue weighted by molar-refractivity contribution is 0.00408.